The Labute approximate surface area is 101 Å². The van der Waals surface area contributed by atoms with E-state index in [9.17, 15) is 0 Å². The van der Waals surface area contributed by atoms with Gasteiger partial charge in [-0.15, -0.1) is 0 Å². The quantitative estimate of drug-likeness (QED) is 0.746. The van der Waals surface area contributed by atoms with Crippen molar-refractivity contribution in [3.8, 4) is 0 Å². The highest BCUT2D eigenvalue weighted by atomic mass is 35.5. The van der Waals surface area contributed by atoms with Gasteiger partial charge >= 0.3 is 0 Å². The molecule has 0 amide bonds. The molecule has 0 unspecified atom stereocenters. The van der Waals surface area contributed by atoms with Crippen LogP contribution in [-0.2, 0) is 11.2 Å². The number of hydrogen-bond donors (Lipinski definition) is 0. The molecule has 1 saturated heterocycles. The zero-order valence-corrected chi connectivity index (χ0v) is 10.5. The predicted molar refractivity (Wildman–Crippen MR) is 64.0 cm³/mol. The Morgan fingerprint density at radius 3 is 2.62 bits per heavy atom. The van der Waals surface area contributed by atoms with Crippen LogP contribution in [0.1, 0.15) is 42.8 Å². The second-order valence-electron chi connectivity index (χ2n) is 4.18. The minimum Gasteiger partial charge on any atom is -0.381 e. The predicted octanol–water partition coefficient (Wildman–Crippen LogP) is 2.89. The lowest BCUT2D eigenvalue weighted by atomic mass is 9.99. The first-order valence-corrected chi connectivity index (χ1v) is 6.20. The molecule has 4 heteroatoms. The zero-order chi connectivity index (χ0) is 11.5. The van der Waals surface area contributed by atoms with Gasteiger partial charge in [-0.2, -0.15) is 0 Å². The Kier molecular flexibility index (Phi) is 3.77. The van der Waals surface area contributed by atoms with Crippen LogP contribution in [0.3, 0.4) is 0 Å². The highest BCUT2D eigenvalue weighted by molar-refractivity contribution is 6.30. The van der Waals surface area contributed by atoms with Gasteiger partial charge in [-0.1, -0.05) is 18.5 Å². The normalized spacial score (nSPS) is 17.7. The summed E-state index contributed by atoms with van der Waals surface area (Å²) in [5.41, 5.74) is 2.08. The maximum absolute atomic E-state index is 6.13. The van der Waals surface area contributed by atoms with Crippen molar-refractivity contribution in [1.82, 2.24) is 9.97 Å². The van der Waals surface area contributed by atoms with Crippen LogP contribution in [-0.4, -0.2) is 23.2 Å². The first-order chi connectivity index (χ1) is 7.72. The van der Waals surface area contributed by atoms with E-state index in [1.807, 2.05) is 6.92 Å². The van der Waals surface area contributed by atoms with Crippen LogP contribution >= 0.6 is 11.6 Å². The summed E-state index contributed by atoms with van der Waals surface area (Å²) >= 11 is 6.13. The maximum Gasteiger partial charge on any atom is 0.135 e. The maximum atomic E-state index is 6.13. The molecule has 1 aromatic heterocycles. The molecule has 0 radical (unpaired) electrons. The fraction of sp³-hybridized carbons (Fsp3) is 0.667. The summed E-state index contributed by atoms with van der Waals surface area (Å²) in [4.78, 5) is 9.03. The molecule has 0 atom stereocenters. The molecular weight excluding hydrogens is 224 g/mol. The van der Waals surface area contributed by atoms with Crippen LogP contribution in [0.2, 0.25) is 5.15 Å². The lowest BCUT2D eigenvalue weighted by Crippen LogP contribution is -2.17. The Morgan fingerprint density at radius 2 is 2.00 bits per heavy atom. The monoisotopic (exact) mass is 240 g/mol. The molecule has 0 saturated carbocycles. The van der Waals surface area contributed by atoms with E-state index in [-0.39, 0.29) is 0 Å². The van der Waals surface area contributed by atoms with Crippen LogP contribution in [0, 0.1) is 6.92 Å². The summed E-state index contributed by atoms with van der Waals surface area (Å²) in [5, 5.41) is 0.605. The number of aromatic nitrogens is 2. The fourth-order valence-corrected chi connectivity index (χ4v) is 2.23. The zero-order valence-electron chi connectivity index (χ0n) is 9.79. The molecule has 3 nitrogen and oxygen atoms in total. The third kappa shape index (κ3) is 2.36. The van der Waals surface area contributed by atoms with E-state index < -0.39 is 0 Å². The first kappa shape index (κ1) is 11.8. The van der Waals surface area contributed by atoms with Gasteiger partial charge in [0.2, 0.25) is 0 Å². The molecule has 2 rings (SSSR count). The summed E-state index contributed by atoms with van der Waals surface area (Å²) in [6.07, 6.45) is 2.91. The third-order valence-corrected chi connectivity index (χ3v) is 3.49. The van der Waals surface area contributed by atoms with Crippen LogP contribution < -0.4 is 0 Å². The van der Waals surface area contributed by atoms with Gasteiger partial charge in [-0.3, -0.25) is 0 Å². The highest BCUT2D eigenvalue weighted by Gasteiger charge is 2.20. The van der Waals surface area contributed by atoms with Gasteiger partial charge in [0.05, 0.1) is 0 Å². The van der Waals surface area contributed by atoms with Gasteiger partial charge in [0.1, 0.15) is 11.0 Å². The van der Waals surface area contributed by atoms with E-state index in [4.69, 9.17) is 16.3 Å². The number of nitrogens with zero attached hydrogens (tertiary/aromatic N) is 2. The van der Waals surface area contributed by atoms with E-state index >= 15 is 0 Å². The number of halogens is 1. The molecule has 0 aromatic carbocycles. The van der Waals surface area contributed by atoms with E-state index in [2.05, 4.69) is 16.9 Å². The smallest absolute Gasteiger partial charge is 0.135 e. The first-order valence-electron chi connectivity index (χ1n) is 5.83. The molecule has 0 aliphatic carbocycles. The van der Waals surface area contributed by atoms with E-state index in [1.165, 1.54) is 0 Å². The van der Waals surface area contributed by atoms with Gasteiger partial charge in [0, 0.05) is 30.4 Å². The van der Waals surface area contributed by atoms with Crippen molar-refractivity contribution in [2.45, 2.75) is 39.0 Å². The van der Waals surface area contributed by atoms with Gasteiger partial charge in [-0.05, 0) is 26.2 Å². The average Bonchev–Trinajstić information content (AvgIpc) is 2.33. The second kappa shape index (κ2) is 5.11. The van der Waals surface area contributed by atoms with E-state index in [1.54, 1.807) is 0 Å². The summed E-state index contributed by atoms with van der Waals surface area (Å²) in [6, 6.07) is 0. The SMILES string of the molecule is CCc1nc(C2CCOCC2)nc(Cl)c1C. The van der Waals surface area contributed by atoms with Crippen LogP contribution in [0.25, 0.3) is 0 Å². The topological polar surface area (TPSA) is 35.0 Å². The number of aryl methyl sites for hydroxylation is 1. The molecule has 16 heavy (non-hydrogen) atoms. The molecule has 88 valence electrons. The lowest BCUT2D eigenvalue weighted by molar-refractivity contribution is 0.0835. The molecule has 1 aliphatic heterocycles. The number of rotatable bonds is 2. The minimum absolute atomic E-state index is 0.414. The Balaban J connectivity index is 2.29. The van der Waals surface area contributed by atoms with Gasteiger partial charge in [0.25, 0.3) is 0 Å². The Bertz CT molecular complexity index is 376. The second-order valence-corrected chi connectivity index (χ2v) is 4.54. The van der Waals surface area contributed by atoms with Crippen molar-refractivity contribution < 1.29 is 4.74 Å². The molecule has 1 aromatic rings. The fourth-order valence-electron chi connectivity index (χ4n) is 2.03. The van der Waals surface area contributed by atoms with Crippen molar-refractivity contribution in [3.05, 3.63) is 22.2 Å². The lowest BCUT2D eigenvalue weighted by Gasteiger charge is -2.21. The standard InChI is InChI=1S/C12H17ClN2O/c1-3-10-8(2)11(13)15-12(14-10)9-4-6-16-7-5-9/h9H,3-7H2,1-2H3. The number of hydrogen-bond acceptors (Lipinski definition) is 3. The van der Waals surface area contributed by atoms with Crippen molar-refractivity contribution in [2.24, 2.45) is 0 Å². The molecule has 2 heterocycles. The van der Waals surface area contributed by atoms with Gasteiger partial charge in [0.15, 0.2) is 0 Å². The van der Waals surface area contributed by atoms with Crippen LogP contribution in [0.4, 0.5) is 0 Å². The molecule has 0 N–H and O–H groups in total. The molecule has 1 aliphatic rings. The largest absolute Gasteiger partial charge is 0.381 e. The molecular formula is C12H17ClN2O. The van der Waals surface area contributed by atoms with E-state index in [0.29, 0.717) is 11.1 Å². The molecule has 0 spiro atoms. The summed E-state index contributed by atoms with van der Waals surface area (Å²) < 4.78 is 5.34. The van der Waals surface area contributed by atoms with Crippen LogP contribution in [0.15, 0.2) is 0 Å². The van der Waals surface area contributed by atoms with Gasteiger partial charge < -0.3 is 4.74 Å². The number of ether oxygens (including phenoxy) is 1. The van der Waals surface area contributed by atoms with Gasteiger partial charge in [-0.25, -0.2) is 9.97 Å². The summed E-state index contributed by atoms with van der Waals surface area (Å²) in [5.74, 6) is 1.31. The van der Waals surface area contributed by atoms with Crippen molar-refractivity contribution in [2.75, 3.05) is 13.2 Å². The summed E-state index contributed by atoms with van der Waals surface area (Å²) in [7, 11) is 0. The minimum atomic E-state index is 0.414. The molecule has 0 bridgehead atoms. The molecule has 1 fully saturated rings. The Morgan fingerprint density at radius 1 is 1.31 bits per heavy atom. The van der Waals surface area contributed by atoms with E-state index in [0.717, 1.165) is 49.6 Å². The summed E-state index contributed by atoms with van der Waals surface area (Å²) in [6.45, 7) is 5.69. The van der Waals surface area contributed by atoms with Crippen LogP contribution in [0.5, 0.6) is 0 Å². The van der Waals surface area contributed by atoms with Crippen molar-refractivity contribution in [1.29, 1.82) is 0 Å². The van der Waals surface area contributed by atoms with Crippen molar-refractivity contribution in [3.63, 3.8) is 0 Å². The van der Waals surface area contributed by atoms with Crippen molar-refractivity contribution >= 4 is 11.6 Å². The highest BCUT2D eigenvalue weighted by Crippen LogP contribution is 2.26. The average molecular weight is 241 g/mol. The third-order valence-electron chi connectivity index (χ3n) is 3.13. The Hall–Kier alpha value is -0.670.